The largest absolute Gasteiger partial charge is 0.0616 e. The van der Waals surface area contributed by atoms with Crippen molar-refractivity contribution in [2.45, 2.75) is 39.5 Å². The highest BCUT2D eigenvalue weighted by molar-refractivity contribution is 6.10. The van der Waals surface area contributed by atoms with Gasteiger partial charge >= 0.3 is 0 Å². The van der Waals surface area contributed by atoms with E-state index in [1.807, 2.05) is 0 Å². The second-order valence-corrected chi connectivity index (χ2v) is 6.27. The summed E-state index contributed by atoms with van der Waals surface area (Å²) >= 11 is 0. The molecule has 102 valence electrons. The van der Waals surface area contributed by atoms with Crippen molar-refractivity contribution in [1.29, 1.82) is 0 Å². The highest BCUT2D eigenvalue weighted by atomic mass is 14.2. The average Bonchev–Trinajstić information content (AvgIpc) is 2.45. The highest BCUT2D eigenvalue weighted by Gasteiger charge is 2.12. The van der Waals surface area contributed by atoms with Gasteiger partial charge in [0, 0.05) is 0 Å². The van der Waals surface area contributed by atoms with Crippen LogP contribution in [0.4, 0.5) is 0 Å². The van der Waals surface area contributed by atoms with Gasteiger partial charge in [-0.3, -0.25) is 0 Å². The lowest BCUT2D eigenvalue weighted by Crippen LogP contribution is -1.95. The molecule has 0 fully saturated rings. The van der Waals surface area contributed by atoms with Crippen LogP contribution in [0.15, 0.2) is 48.5 Å². The molecule has 0 aliphatic heterocycles. The monoisotopic (exact) mass is 262 g/mol. The number of hydrogen-bond donors (Lipinski definition) is 0. The summed E-state index contributed by atoms with van der Waals surface area (Å²) in [7, 11) is 0. The van der Waals surface area contributed by atoms with Gasteiger partial charge in [0.2, 0.25) is 0 Å². The number of fused-ring (bicyclic) bond motifs is 3. The van der Waals surface area contributed by atoms with E-state index in [9.17, 15) is 0 Å². The molecule has 0 aromatic heterocycles. The third kappa shape index (κ3) is 2.00. The molecule has 0 aliphatic carbocycles. The fourth-order valence-corrected chi connectivity index (χ4v) is 3.18. The molecule has 0 unspecified atom stereocenters. The molecule has 3 aromatic carbocycles. The molecular formula is C20H22. The third-order valence-corrected chi connectivity index (χ3v) is 4.19. The first-order valence-electron chi connectivity index (χ1n) is 7.54. The Morgan fingerprint density at radius 3 is 1.95 bits per heavy atom. The lowest BCUT2D eigenvalue weighted by Gasteiger charge is -2.17. The Kier molecular flexibility index (Phi) is 3.25. The molecule has 3 aromatic rings. The van der Waals surface area contributed by atoms with Gasteiger partial charge in [0.25, 0.3) is 0 Å². The van der Waals surface area contributed by atoms with E-state index in [0.29, 0.717) is 11.8 Å². The standard InChI is InChI=1S/C20H22/c1-13(2)16-11-7-8-15-12-19(14(3)4)17-9-5-6-10-18(17)20(15)16/h5-14H,1-4H3. The molecule has 0 aliphatic rings. The van der Waals surface area contributed by atoms with Crippen LogP contribution in [-0.4, -0.2) is 0 Å². The second-order valence-electron chi connectivity index (χ2n) is 6.27. The van der Waals surface area contributed by atoms with E-state index >= 15 is 0 Å². The van der Waals surface area contributed by atoms with Crippen LogP contribution in [0.25, 0.3) is 21.5 Å². The smallest absolute Gasteiger partial charge is 0.00705 e. The zero-order valence-electron chi connectivity index (χ0n) is 12.8. The van der Waals surface area contributed by atoms with Crippen molar-refractivity contribution in [3.05, 3.63) is 59.7 Å². The minimum Gasteiger partial charge on any atom is -0.0616 e. The Bertz CT molecular complexity index is 757. The Morgan fingerprint density at radius 1 is 0.650 bits per heavy atom. The van der Waals surface area contributed by atoms with E-state index in [2.05, 4.69) is 76.2 Å². The lowest BCUT2D eigenvalue weighted by atomic mass is 9.87. The number of rotatable bonds is 2. The topological polar surface area (TPSA) is 0 Å². The molecule has 0 heterocycles. The van der Waals surface area contributed by atoms with Crippen LogP contribution in [-0.2, 0) is 0 Å². The van der Waals surface area contributed by atoms with Crippen molar-refractivity contribution in [3.8, 4) is 0 Å². The maximum atomic E-state index is 2.38. The van der Waals surface area contributed by atoms with Crippen LogP contribution in [0.2, 0.25) is 0 Å². The summed E-state index contributed by atoms with van der Waals surface area (Å²) in [5, 5.41) is 5.61. The summed E-state index contributed by atoms with van der Waals surface area (Å²) in [6, 6.07) is 17.9. The van der Waals surface area contributed by atoms with Gasteiger partial charge in [0.05, 0.1) is 0 Å². The first kappa shape index (κ1) is 13.2. The molecular weight excluding hydrogens is 240 g/mol. The molecule has 0 nitrogen and oxygen atoms in total. The Hall–Kier alpha value is -1.82. The minimum absolute atomic E-state index is 0.548. The molecule has 0 amide bonds. The van der Waals surface area contributed by atoms with Crippen molar-refractivity contribution in [2.75, 3.05) is 0 Å². The normalized spacial score (nSPS) is 11.9. The minimum atomic E-state index is 0.548. The molecule has 0 saturated carbocycles. The first-order valence-corrected chi connectivity index (χ1v) is 7.54. The predicted octanol–water partition coefficient (Wildman–Crippen LogP) is 6.24. The zero-order chi connectivity index (χ0) is 14.3. The van der Waals surface area contributed by atoms with Gasteiger partial charge in [-0.05, 0) is 44.5 Å². The molecule has 0 radical (unpaired) electrons. The fourth-order valence-electron chi connectivity index (χ4n) is 3.18. The number of hydrogen-bond acceptors (Lipinski definition) is 0. The average molecular weight is 262 g/mol. The molecule has 0 bridgehead atoms. The molecule has 0 saturated heterocycles. The molecule has 3 rings (SSSR count). The summed E-state index contributed by atoms with van der Waals surface area (Å²) in [5.41, 5.74) is 2.91. The molecule has 0 heteroatoms. The van der Waals surface area contributed by atoms with E-state index < -0.39 is 0 Å². The molecule has 0 N–H and O–H groups in total. The summed E-state index contributed by atoms with van der Waals surface area (Å²) in [5.74, 6) is 1.10. The molecule has 0 spiro atoms. The Morgan fingerprint density at radius 2 is 1.30 bits per heavy atom. The lowest BCUT2D eigenvalue weighted by molar-refractivity contribution is 0.873. The quantitative estimate of drug-likeness (QED) is 0.479. The highest BCUT2D eigenvalue weighted by Crippen LogP contribution is 2.36. The van der Waals surface area contributed by atoms with E-state index in [-0.39, 0.29) is 0 Å². The molecule has 0 atom stereocenters. The van der Waals surface area contributed by atoms with Gasteiger partial charge in [0.15, 0.2) is 0 Å². The van der Waals surface area contributed by atoms with Gasteiger partial charge in [-0.25, -0.2) is 0 Å². The van der Waals surface area contributed by atoms with Crippen LogP contribution in [0.1, 0.15) is 50.7 Å². The van der Waals surface area contributed by atoms with Crippen LogP contribution >= 0.6 is 0 Å². The van der Waals surface area contributed by atoms with Crippen LogP contribution in [0.5, 0.6) is 0 Å². The van der Waals surface area contributed by atoms with Gasteiger partial charge in [-0.15, -0.1) is 0 Å². The molecule has 20 heavy (non-hydrogen) atoms. The van der Waals surface area contributed by atoms with Gasteiger partial charge in [-0.1, -0.05) is 76.2 Å². The third-order valence-electron chi connectivity index (χ3n) is 4.19. The summed E-state index contributed by atoms with van der Waals surface area (Å²) in [4.78, 5) is 0. The van der Waals surface area contributed by atoms with Crippen molar-refractivity contribution in [2.24, 2.45) is 0 Å². The summed E-state index contributed by atoms with van der Waals surface area (Å²) in [6.07, 6.45) is 0. The Balaban J connectivity index is 2.54. The van der Waals surface area contributed by atoms with Crippen LogP contribution in [0.3, 0.4) is 0 Å². The zero-order valence-corrected chi connectivity index (χ0v) is 12.8. The summed E-state index contributed by atoms with van der Waals surface area (Å²) < 4.78 is 0. The predicted molar refractivity (Wildman–Crippen MR) is 89.6 cm³/mol. The van der Waals surface area contributed by atoms with Crippen LogP contribution < -0.4 is 0 Å². The SMILES string of the molecule is CC(C)c1cc2cccc(C(C)C)c2c2ccccc12. The van der Waals surface area contributed by atoms with E-state index in [1.165, 1.54) is 32.7 Å². The van der Waals surface area contributed by atoms with Gasteiger partial charge in [0.1, 0.15) is 0 Å². The Labute approximate surface area is 121 Å². The van der Waals surface area contributed by atoms with Crippen molar-refractivity contribution < 1.29 is 0 Å². The number of benzene rings is 3. The van der Waals surface area contributed by atoms with Gasteiger partial charge < -0.3 is 0 Å². The fraction of sp³-hybridized carbons (Fsp3) is 0.300. The van der Waals surface area contributed by atoms with Crippen LogP contribution in [0, 0.1) is 0 Å². The first-order chi connectivity index (χ1) is 9.59. The van der Waals surface area contributed by atoms with Crippen molar-refractivity contribution >= 4 is 21.5 Å². The maximum Gasteiger partial charge on any atom is -0.00705 e. The van der Waals surface area contributed by atoms with E-state index in [0.717, 1.165) is 0 Å². The van der Waals surface area contributed by atoms with E-state index in [4.69, 9.17) is 0 Å². The van der Waals surface area contributed by atoms with Crippen molar-refractivity contribution in [1.82, 2.24) is 0 Å². The second kappa shape index (κ2) is 4.94. The summed E-state index contributed by atoms with van der Waals surface area (Å²) in [6.45, 7) is 9.11. The van der Waals surface area contributed by atoms with Gasteiger partial charge in [-0.2, -0.15) is 0 Å². The van der Waals surface area contributed by atoms with E-state index in [1.54, 1.807) is 0 Å². The maximum absolute atomic E-state index is 2.38. The van der Waals surface area contributed by atoms with Crippen molar-refractivity contribution in [3.63, 3.8) is 0 Å².